The Balaban J connectivity index is 1.88. The molecule has 0 bridgehead atoms. The van der Waals surface area contributed by atoms with Gasteiger partial charge in [-0.25, -0.2) is 4.98 Å². The van der Waals surface area contributed by atoms with E-state index < -0.39 is 5.97 Å². The summed E-state index contributed by atoms with van der Waals surface area (Å²) in [7, 11) is 0. The first-order chi connectivity index (χ1) is 8.74. The maximum absolute atomic E-state index is 10.4. The lowest BCUT2D eigenvalue weighted by Gasteiger charge is -1.95. The number of H-pyrrole nitrogens is 1. The van der Waals surface area contributed by atoms with Crippen LogP contribution in [-0.2, 0) is 11.2 Å². The molecule has 0 saturated carbocycles. The molecule has 6 heteroatoms. The summed E-state index contributed by atoms with van der Waals surface area (Å²) in [4.78, 5) is 14.7. The van der Waals surface area contributed by atoms with Gasteiger partial charge in [0.1, 0.15) is 5.82 Å². The smallest absolute Gasteiger partial charge is 0.304 e. The number of nitrogens with one attached hydrogen (secondary N) is 1. The minimum Gasteiger partial charge on any atom is -0.481 e. The van der Waals surface area contributed by atoms with Crippen LogP contribution in [0.15, 0.2) is 35.5 Å². The Kier molecular flexibility index (Phi) is 4.35. The first-order valence-corrected chi connectivity index (χ1v) is 6.52. The zero-order valence-electron chi connectivity index (χ0n) is 9.67. The van der Waals surface area contributed by atoms with Crippen molar-refractivity contribution in [2.45, 2.75) is 18.0 Å². The number of rotatable bonds is 6. The van der Waals surface area contributed by atoms with Gasteiger partial charge >= 0.3 is 5.97 Å². The summed E-state index contributed by atoms with van der Waals surface area (Å²) in [6.07, 6.45) is 0.820. The lowest BCUT2D eigenvalue weighted by Crippen LogP contribution is -1.96. The van der Waals surface area contributed by atoms with Crippen LogP contribution >= 0.6 is 11.8 Å². The van der Waals surface area contributed by atoms with Crippen molar-refractivity contribution >= 4 is 17.7 Å². The Labute approximate surface area is 109 Å². The van der Waals surface area contributed by atoms with Crippen molar-refractivity contribution in [3.8, 4) is 0 Å². The molecule has 0 atom stereocenters. The number of nitrogens with zero attached hydrogens (tertiary/aromatic N) is 2. The highest BCUT2D eigenvalue weighted by atomic mass is 32.2. The van der Waals surface area contributed by atoms with Crippen molar-refractivity contribution in [3.05, 3.63) is 41.7 Å². The van der Waals surface area contributed by atoms with Gasteiger partial charge in [0, 0.05) is 12.2 Å². The quantitative estimate of drug-likeness (QED) is 0.779. The number of hydrogen-bond donors (Lipinski definition) is 2. The second kappa shape index (κ2) is 6.20. The minimum atomic E-state index is -0.803. The zero-order valence-corrected chi connectivity index (χ0v) is 10.5. The molecule has 1 aromatic carbocycles. The standard InChI is InChI=1S/C12H13N3O2S/c16-11(17)6-7-18-12-13-10(14-15-12)8-9-4-2-1-3-5-9/h1-5H,6-8H2,(H,16,17)(H,13,14,15). The predicted octanol–water partition coefficient (Wildman–Crippen LogP) is 1.96. The van der Waals surface area contributed by atoms with Crippen LogP contribution in [0.3, 0.4) is 0 Å². The summed E-state index contributed by atoms with van der Waals surface area (Å²) in [5, 5.41) is 16.0. The molecule has 2 rings (SSSR count). The largest absolute Gasteiger partial charge is 0.481 e. The summed E-state index contributed by atoms with van der Waals surface area (Å²) < 4.78 is 0. The van der Waals surface area contributed by atoms with E-state index in [4.69, 9.17) is 5.11 Å². The molecule has 18 heavy (non-hydrogen) atoms. The molecule has 5 nitrogen and oxygen atoms in total. The molecular weight excluding hydrogens is 250 g/mol. The Bertz CT molecular complexity index is 513. The van der Waals surface area contributed by atoms with Gasteiger partial charge in [-0.15, -0.1) is 5.10 Å². The second-order valence-corrected chi connectivity index (χ2v) is 4.78. The van der Waals surface area contributed by atoms with Crippen molar-refractivity contribution in [1.29, 1.82) is 0 Å². The summed E-state index contributed by atoms with van der Waals surface area (Å²) in [5.74, 6) is 0.472. The van der Waals surface area contributed by atoms with Crippen LogP contribution in [-0.4, -0.2) is 32.0 Å². The van der Waals surface area contributed by atoms with E-state index >= 15 is 0 Å². The normalized spacial score (nSPS) is 10.4. The molecule has 0 fully saturated rings. The molecule has 2 aromatic rings. The number of aromatic amines is 1. The van der Waals surface area contributed by atoms with Gasteiger partial charge in [-0.1, -0.05) is 42.1 Å². The lowest BCUT2D eigenvalue weighted by molar-refractivity contribution is -0.136. The van der Waals surface area contributed by atoms with Gasteiger partial charge in [-0.05, 0) is 5.56 Å². The van der Waals surface area contributed by atoms with Crippen LogP contribution in [0.2, 0.25) is 0 Å². The molecule has 0 aliphatic rings. The lowest BCUT2D eigenvalue weighted by atomic mass is 10.1. The maximum Gasteiger partial charge on any atom is 0.304 e. The highest BCUT2D eigenvalue weighted by Crippen LogP contribution is 2.14. The molecule has 2 N–H and O–H groups in total. The van der Waals surface area contributed by atoms with Gasteiger partial charge in [0.05, 0.1) is 6.42 Å². The van der Waals surface area contributed by atoms with E-state index in [9.17, 15) is 4.79 Å². The number of hydrogen-bond acceptors (Lipinski definition) is 4. The summed E-state index contributed by atoms with van der Waals surface area (Å²) in [6, 6.07) is 9.99. The van der Waals surface area contributed by atoms with Crippen LogP contribution in [0.1, 0.15) is 17.8 Å². The van der Waals surface area contributed by atoms with Crippen LogP contribution < -0.4 is 0 Å². The van der Waals surface area contributed by atoms with Crippen molar-refractivity contribution in [1.82, 2.24) is 15.2 Å². The van der Waals surface area contributed by atoms with Gasteiger partial charge in [-0.2, -0.15) is 0 Å². The monoisotopic (exact) mass is 263 g/mol. The van der Waals surface area contributed by atoms with E-state index in [1.165, 1.54) is 11.8 Å². The third-order valence-electron chi connectivity index (χ3n) is 2.27. The molecule has 0 saturated heterocycles. The van der Waals surface area contributed by atoms with Gasteiger partial charge in [0.2, 0.25) is 5.16 Å². The number of carbonyl (C=O) groups is 1. The highest BCUT2D eigenvalue weighted by molar-refractivity contribution is 7.99. The van der Waals surface area contributed by atoms with E-state index in [1.807, 2.05) is 30.3 Å². The topological polar surface area (TPSA) is 78.9 Å². The molecule has 0 radical (unpaired) electrons. The maximum atomic E-state index is 10.4. The van der Waals surface area contributed by atoms with E-state index in [1.54, 1.807) is 0 Å². The molecule has 0 spiro atoms. The van der Waals surface area contributed by atoms with Crippen molar-refractivity contribution in [2.24, 2.45) is 0 Å². The SMILES string of the molecule is O=C(O)CCSc1n[nH]c(Cc2ccccc2)n1. The summed E-state index contributed by atoms with van der Waals surface area (Å²) in [6.45, 7) is 0. The number of thioether (sulfide) groups is 1. The second-order valence-electron chi connectivity index (χ2n) is 3.72. The van der Waals surface area contributed by atoms with Crippen LogP contribution in [0.25, 0.3) is 0 Å². The predicted molar refractivity (Wildman–Crippen MR) is 68.6 cm³/mol. The summed E-state index contributed by atoms with van der Waals surface area (Å²) >= 11 is 1.35. The molecule has 0 aliphatic carbocycles. The van der Waals surface area contributed by atoms with E-state index in [0.29, 0.717) is 17.3 Å². The average Bonchev–Trinajstić information content (AvgIpc) is 2.78. The Hall–Kier alpha value is -1.82. The summed E-state index contributed by atoms with van der Waals surface area (Å²) in [5.41, 5.74) is 1.16. The van der Waals surface area contributed by atoms with Gasteiger partial charge in [0.15, 0.2) is 0 Å². The number of aliphatic carboxylic acids is 1. The average molecular weight is 263 g/mol. The third-order valence-corrected chi connectivity index (χ3v) is 3.12. The van der Waals surface area contributed by atoms with Crippen molar-refractivity contribution in [2.75, 3.05) is 5.75 Å². The number of benzene rings is 1. The van der Waals surface area contributed by atoms with E-state index in [-0.39, 0.29) is 6.42 Å². The van der Waals surface area contributed by atoms with Gasteiger partial charge < -0.3 is 5.11 Å². The number of carboxylic acid groups (broad SMARTS) is 1. The minimum absolute atomic E-state index is 0.118. The first-order valence-electron chi connectivity index (χ1n) is 5.54. The Morgan fingerprint density at radius 2 is 2.11 bits per heavy atom. The number of aromatic nitrogens is 3. The molecule has 1 heterocycles. The van der Waals surface area contributed by atoms with Crippen LogP contribution in [0.5, 0.6) is 0 Å². The van der Waals surface area contributed by atoms with Crippen molar-refractivity contribution < 1.29 is 9.90 Å². The molecule has 1 aromatic heterocycles. The van der Waals surface area contributed by atoms with Crippen molar-refractivity contribution in [3.63, 3.8) is 0 Å². The fourth-order valence-electron chi connectivity index (χ4n) is 1.44. The molecular formula is C12H13N3O2S. The van der Waals surface area contributed by atoms with E-state index in [2.05, 4.69) is 15.2 Å². The fraction of sp³-hybridized carbons (Fsp3) is 0.250. The first kappa shape index (κ1) is 12.6. The Morgan fingerprint density at radius 1 is 1.33 bits per heavy atom. The molecule has 94 valence electrons. The van der Waals surface area contributed by atoms with Gasteiger partial charge in [0.25, 0.3) is 0 Å². The molecule has 0 unspecified atom stereocenters. The van der Waals surface area contributed by atoms with Gasteiger partial charge in [-0.3, -0.25) is 9.89 Å². The Morgan fingerprint density at radius 3 is 2.83 bits per heavy atom. The highest BCUT2D eigenvalue weighted by Gasteiger charge is 2.05. The molecule has 0 aliphatic heterocycles. The molecule has 0 amide bonds. The third kappa shape index (κ3) is 3.89. The fourth-order valence-corrected chi connectivity index (χ4v) is 2.18. The van der Waals surface area contributed by atoms with E-state index in [0.717, 1.165) is 11.4 Å². The number of carboxylic acids is 1. The zero-order chi connectivity index (χ0) is 12.8. The van der Waals surface area contributed by atoms with Crippen LogP contribution in [0.4, 0.5) is 0 Å². The van der Waals surface area contributed by atoms with Crippen LogP contribution in [0, 0.1) is 0 Å².